The van der Waals surface area contributed by atoms with Crippen LogP contribution in [0.3, 0.4) is 0 Å². The minimum atomic E-state index is -0.287. The van der Waals surface area contributed by atoms with E-state index in [0.717, 1.165) is 11.1 Å². The van der Waals surface area contributed by atoms with E-state index in [2.05, 4.69) is 5.32 Å². The molecule has 0 saturated carbocycles. The number of hydrogen-bond acceptors (Lipinski definition) is 3. The summed E-state index contributed by atoms with van der Waals surface area (Å²) in [6.45, 7) is 1.85. The lowest BCUT2D eigenvalue weighted by molar-refractivity contribution is -0.130. The largest absolute Gasteiger partial charge is 0.467 e. The van der Waals surface area contributed by atoms with Gasteiger partial charge in [0, 0.05) is 13.1 Å². The Kier molecular flexibility index (Phi) is 4.28. The maximum atomic E-state index is 12.3. The van der Waals surface area contributed by atoms with E-state index in [-0.39, 0.29) is 24.3 Å². The number of fused-ring (bicyclic) bond motifs is 1. The molecule has 0 spiro atoms. The molecule has 0 saturated heterocycles. The summed E-state index contributed by atoms with van der Waals surface area (Å²) in [6.07, 6.45) is 5.42. The van der Waals surface area contributed by atoms with Gasteiger partial charge in [-0.1, -0.05) is 24.3 Å². The van der Waals surface area contributed by atoms with Gasteiger partial charge in [-0.3, -0.25) is 9.59 Å². The lowest BCUT2D eigenvalue weighted by atomic mass is 9.93. The fourth-order valence-corrected chi connectivity index (χ4v) is 2.76. The molecule has 2 heterocycles. The Morgan fingerprint density at radius 1 is 1.22 bits per heavy atom. The maximum Gasteiger partial charge on any atom is 0.223 e. The van der Waals surface area contributed by atoms with Gasteiger partial charge in [-0.15, -0.1) is 0 Å². The van der Waals surface area contributed by atoms with Crippen LogP contribution in [0.1, 0.15) is 36.3 Å². The highest BCUT2D eigenvalue weighted by Gasteiger charge is 2.28. The standard InChI is InChI=1S/C18H18N2O3/c1-13(21)20-9-8-14-5-2-3-7-16(14)17(20)11-18(22)19-12-15-6-4-10-23-15/h2-10,17H,11-12H2,1H3,(H,19,22)/t17-/m1/s1. The molecule has 1 aliphatic rings. The molecule has 1 aliphatic heterocycles. The number of amides is 2. The molecule has 0 bridgehead atoms. The lowest BCUT2D eigenvalue weighted by Crippen LogP contribution is -2.35. The fourth-order valence-electron chi connectivity index (χ4n) is 2.76. The molecule has 0 aliphatic carbocycles. The van der Waals surface area contributed by atoms with Crippen molar-refractivity contribution in [2.75, 3.05) is 0 Å². The van der Waals surface area contributed by atoms with Crippen molar-refractivity contribution in [2.24, 2.45) is 0 Å². The molecule has 5 nitrogen and oxygen atoms in total. The van der Waals surface area contributed by atoms with E-state index in [4.69, 9.17) is 4.42 Å². The number of hydrogen-bond donors (Lipinski definition) is 1. The van der Waals surface area contributed by atoms with Crippen LogP contribution in [-0.2, 0) is 16.1 Å². The summed E-state index contributed by atoms with van der Waals surface area (Å²) in [5.74, 6) is 0.494. The van der Waals surface area contributed by atoms with Crippen molar-refractivity contribution in [3.05, 3.63) is 65.7 Å². The van der Waals surface area contributed by atoms with Crippen LogP contribution in [0.2, 0.25) is 0 Å². The van der Waals surface area contributed by atoms with Gasteiger partial charge in [-0.25, -0.2) is 0 Å². The molecule has 118 valence electrons. The highest BCUT2D eigenvalue weighted by molar-refractivity contribution is 5.81. The van der Waals surface area contributed by atoms with Crippen molar-refractivity contribution in [3.8, 4) is 0 Å². The zero-order valence-corrected chi connectivity index (χ0v) is 12.9. The lowest BCUT2D eigenvalue weighted by Gasteiger charge is -2.32. The minimum absolute atomic E-state index is 0.0837. The number of rotatable bonds is 4. The summed E-state index contributed by atoms with van der Waals surface area (Å²) in [6, 6.07) is 11.1. The monoisotopic (exact) mass is 310 g/mol. The first-order valence-corrected chi connectivity index (χ1v) is 7.50. The number of furan rings is 1. The van der Waals surface area contributed by atoms with Gasteiger partial charge >= 0.3 is 0 Å². The zero-order valence-electron chi connectivity index (χ0n) is 12.9. The Hall–Kier alpha value is -2.82. The van der Waals surface area contributed by atoms with Crippen molar-refractivity contribution >= 4 is 17.9 Å². The summed E-state index contributed by atoms with van der Waals surface area (Å²) in [5.41, 5.74) is 2.02. The quantitative estimate of drug-likeness (QED) is 0.944. The van der Waals surface area contributed by atoms with Crippen LogP contribution in [0.15, 0.2) is 53.3 Å². The summed E-state index contributed by atoms with van der Waals surface area (Å²) in [4.78, 5) is 25.7. The summed E-state index contributed by atoms with van der Waals surface area (Å²) < 4.78 is 5.20. The van der Waals surface area contributed by atoms with Crippen LogP contribution in [0.5, 0.6) is 0 Å². The highest BCUT2D eigenvalue weighted by atomic mass is 16.3. The van der Waals surface area contributed by atoms with E-state index in [0.29, 0.717) is 12.3 Å². The third-order valence-electron chi connectivity index (χ3n) is 3.89. The van der Waals surface area contributed by atoms with Crippen LogP contribution in [0.25, 0.3) is 6.08 Å². The molecule has 2 aromatic rings. The van der Waals surface area contributed by atoms with Crippen LogP contribution in [0.4, 0.5) is 0 Å². The van der Waals surface area contributed by atoms with Gasteiger partial charge < -0.3 is 14.6 Å². The average molecular weight is 310 g/mol. The minimum Gasteiger partial charge on any atom is -0.467 e. The van der Waals surface area contributed by atoms with E-state index in [1.807, 2.05) is 30.3 Å². The molecule has 1 aromatic heterocycles. The molecule has 0 unspecified atom stereocenters. The third kappa shape index (κ3) is 3.34. The summed E-state index contributed by atoms with van der Waals surface area (Å²) in [5, 5.41) is 2.83. The second-order valence-corrected chi connectivity index (χ2v) is 5.45. The number of nitrogens with one attached hydrogen (secondary N) is 1. The second-order valence-electron chi connectivity index (χ2n) is 5.45. The summed E-state index contributed by atoms with van der Waals surface area (Å²) in [7, 11) is 0. The Bertz CT molecular complexity index is 734. The third-order valence-corrected chi connectivity index (χ3v) is 3.89. The van der Waals surface area contributed by atoms with Crippen molar-refractivity contribution in [3.63, 3.8) is 0 Å². The molecule has 3 rings (SSSR count). The van der Waals surface area contributed by atoms with Crippen LogP contribution < -0.4 is 5.32 Å². The second kappa shape index (κ2) is 6.52. The van der Waals surface area contributed by atoms with E-state index in [9.17, 15) is 9.59 Å². The Morgan fingerprint density at radius 3 is 2.78 bits per heavy atom. The number of benzene rings is 1. The summed E-state index contributed by atoms with van der Waals surface area (Å²) >= 11 is 0. The molecule has 1 N–H and O–H groups in total. The first-order valence-electron chi connectivity index (χ1n) is 7.50. The van der Waals surface area contributed by atoms with Crippen molar-refractivity contribution in [1.82, 2.24) is 10.2 Å². The Morgan fingerprint density at radius 2 is 2.04 bits per heavy atom. The molecule has 1 aromatic carbocycles. The number of carbonyl (C=O) groups is 2. The van der Waals surface area contributed by atoms with Gasteiger partial charge in [0.2, 0.25) is 11.8 Å². The molecule has 5 heteroatoms. The Labute approximate surface area is 134 Å². The van der Waals surface area contributed by atoms with E-state index in [1.165, 1.54) is 6.92 Å². The molecule has 23 heavy (non-hydrogen) atoms. The smallest absolute Gasteiger partial charge is 0.223 e. The molecular formula is C18H18N2O3. The fraction of sp³-hybridized carbons (Fsp3) is 0.222. The van der Waals surface area contributed by atoms with Gasteiger partial charge in [-0.2, -0.15) is 0 Å². The molecule has 2 amide bonds. The predicted octanol–water partition coefficient (Wildman–Crippen LogP) is 2.86. The average Bonchev–Trinajstić information content (AvgIpc) is 3.06. The maximum absolute atomic E-state index is 12.3. The first-order chi connectivity index (χ1) is 11.1. The van der Waals surface area contributed by atoms with Gasteiger partial charge in [0.25, 0.3) is 0 Å². The topological polar surface area (TPSA) is 62.6 Å². The van der Waals surface area contributed by atoms with Crippen molar-refractivity contribution in [1.29, 1.82) is 0 Å². The number of nitrogens with zero attached hydrogens (tertiary/aromatic N) is 1. The Balaban J connectivity index is 1.74. The zero-order chi connectivity index (χ0) is 16.2. The van der Waals surface area contributed by atoms with Gasteiger partial charge in [0.1, 0.15) is 5.76 Å². The van der Waals surface area contributed by atoms with Crippen LogP contribution in [-0.4, -0.2) is 16.7 Å². The van der Waals surface area contributed by atoms with Crippen LogP contribution >= 0.6 is 0 Å². The SMILES string of the molecule is CC(=O)N1C=Cc2ccccc2[C@H]1CC(=O)NCc1ccco1. The number of carbonyl (C=O) groups excluding carboxylic acids is 2. The van der Waals surface area contributed by atoms with Gasteiger partial charge in [-0.05, 0) is 29.3 Å². The predicted molar refractivity (Wildman–Crippen MR) is 85.9 cm³/mol. The molecule has 0 radical (unpaired) electrons. The van der Waals surface area contributed by atoms with Crippen molar-refractivity contribution in [2.45, 2.75) is 25.9 Å². The molecule has 0 fully saturated rings. The van der Waals surface area contributed by atoms with Crippen LogP contribution in [0, 0.1) is 0 Å². The molecule has 1 atom stereocenters. The van der Waals surface area contributed by atoms with E-state index < -0.39 is 0 Å². The highest BCUT2D eigenvalue weighted by Crippen LogP contribution is 2.32. The normalized spacial score (nSPS) is 16.0. The van der Waals surface area contributed by atoms with E-state index in [1.54, 1.807) is 29.5 Å². The first kappa shape index (κ1) is 15.1. The van der Waals surface area contributed by atoms with Gasteiger partial charge in [0.05, 0.1) is 25.3 Å². The van der Waals surface area contributed by atoms with E-state index >= 15 is 0 Å². The van der Waals surface area contributed by atoms with Crippen molar-refractivity contribution < 1.29 is 14.0 Å². The van der Waals surface area contributed by atoms with Gasteiger partial charge in [0.15, 0.2) is 0 Å². The molecular weight excluding hydrogens is 292 g/mol.